The van der Waals surface area contributed by atoms with Crippen LogP contribution in [-0.2, 0) is 0 Å². The first-order valence-electron chi connectivity index (χ1n) is 4.61. The molecule has 0 atom stereocenters. The Morgan fingerprint density at radius 1 is 1.33 bits per heavy atom. The summed E-state index contributed by atoms with van der Waals surface area (Å²) in [5.74, 6) is -0.532. The van der Waals surface area contributed by atoms with E-state index in [2.05, 4.69) is 0 Å². The molecule has 0 amide bonds. The summed E-state index contributed by atoms with van der Waals surface area (Å²) < 4.78 is 5.40. The molecule has 0 aliphatic carbocycles. The van der Waals surface area contributed by atoms with Gasteiger partial charge in [-0.05, 0) is 12.1 Å². The zero-order chi connectivity index (χ0) is 10.7. The Morgan fingerprint density at radius 3 is 3.00 bits per heavy atom. The largest absolute Gasteiger partial charge is 0.488 e. The Kier molecular flexibility index (Phi) is 2.54. The molecule has 1 heterocycles. The number of carbonyl (C=O) groups is 1. The van der Waals surface area contributed by atoms with Gasteiger partial charge in [0.2, 0.25) is 0 Å². The lowest BCUT2D eigenvalue weighted by Crippen LogP contribution is -2.05. The Hall–Kier alpha value is -2.03. The molecular formula is C12H10O3. The van der Waals surface area contributed by atoms with Gasteiger partial charge in [-0.3, -0.25) is 0 Å². The predicted octanol–water partition coefficient (Wildman–Crippen LogP) is 2.35. The van der Waals surface area contributed by atoms with E-state index in [1.807, 2.05) is 30.4 Å². The lowest BCUT2D eigenvalue weighted by molar-refractivity contribution is 0.0692. The number of rotatable bonds is 1. The van der Waals surface area contributed by atoms with E-state index in [0.717, 1.165) is 5.56 Å². The molecule has 0 saturated carbocycles. The number of carboxylic acids is 1. The number of benzene rings is 1. The molecule has 2 rings (SSSR count). The average molecular weight is 202 g/mol. The number of carboxylic acid groups (broad SMARTS) is 1. The summed E-state index contributed by atoms with van der Waals surface area (Å²) >= 11 is 0. The zero-order valence-corrected chi connectivity index (χ0v) is 8.01. The number of hydrogen-bond donors (Lipinski definition) is 1. The van der Waals surface area contributed by atoms with Crippen LogP contribution in [0.25, 0.3) is 6.08 Å². The fourth-order valence-corrected chi connectivity index (χ4v) is 1.44. The molecule has 1 N–H and O–H groups in total. The van der Waals surface area contributed by atoms with E-state index in [4.69, 9.17) is 9.84 Å². The molecule has 3 heteroatoms. The number of ether oxygens (including phenoxy) is 1. The summed E-state index contributed by atoms with van der Waals surface area (Å²) in [6.07, 6.45) is 7.40. The fourth-order valence-electron chi connectivity index (χ4n) is 1.44. The van der Waals surface area contributed by atoms with Crippen LogP contribution < -0.4 is 4.74 Å². The van der Waals surface area contributed by atoms with Crippen molar-refractivity contribution in [3.63, 3.8) is 0 Å². The van der Waals surface area contributed by atoms with E-state index < -0.39 is 5.97 Å². The second-order valence-electron chi connectivity index (χ2n) is 3.13. The Morgan fingerprint density at radius 2 is 2.20 bits per heavy atom. The van der Waals surface area contributed by atoms with E-state index in [-0.39, 0.29) is 5.56 Å². The maximum absolute atomic E-state index is 10.9. The highest BCUT2D eigenvalue weighted by Gasteiger charge is 2.13. The minimum atomic E-state index is -0.968. The van der Waals surface area contributed by atoms with Gasteiger partial charge in [0.1, 0.15) is 17.9 Å². The van der Waals surface area contributed by atoms with Crippen LogP contribution in [0.15, 0.2) is 36.4 Å². The lowest BCUT2D eigenvalue weighted by Gasteiger charge is -2.11. The molecule has 0 saturated heterocycles. The number of hydrogen-bond acceptors (Lipinski definition) is 2. The Labute approximate surface area is 87.3 Å². The highest BCUT2D eigenvalue weighted by Crippen LogP contribution is 2.26. The van der Waals surface area contributed by atoms with Crippen LogP contribution >= 0.6 is 0 Å². The summed E-state index contributed by atoms with van der Waals surface area (Å²) in [4.78, 5) is 10.9. The van der Waals surface area contributed by atoms with Crippen molar-refractivity contribution in [2.24, 2.45) is 0 Å². The van der Waals surface area contributed by atoms with Gasteiger partial charge < -0.3 is 9.84 Å². The molecule has 0 spiro atoms. The van der Waals surface area contributed by atoms with Crippen molar-refractivity contribution in [1.82, 2.24) is 0 Å². The van der Waals surface area contributed by atoms with Crippen molar-refractivity contribution in [2.45, 2.75) is 0 Å². The molecule has 1 aromatic rings. The molecule has 0 radical (unpaired) electrons. The van der Waals surface area contributed by atoms with Crippen LogP contribution in [0.3, 0.4) is 0 Å². The van der Waals surface area contributed by atoms with Crippen molar-refractivity contribution in [3.05, 3.63) is 47.6 Å². The maximum Gasteiger partial charge on any atom is 0.339 e. The quantitative estimate of drug-likeness (QED) is 0.760. The highest BCUT2D eigenvalue weighted by atomic mass is 16.5. The van der Waals surface area contributed by atoms with Gasteiger partial charge in [-0.2, -0.15) is 0 Å². The third-order valence-corrected chi connectivity index (χ3v) is 2.12. The predicted molar refractivity (Wildman–Crippen MR) is 57.1 cm³/mol. The van der Waals surface area contributed by atoms with Crippen LogP contribution in [0, 0.1) is 0 Å². The van der Waals surface area contributed by atoms with Crippen LogP contribution in [0.1, 0.15) is 15.9 Å². The third-order valence-electron chi connectivity index (χ3n) is 2.12. The molecule has 0 bridgehead atoms. The SMILES string of the molecule is O=C(O)c1cccc2c1OC/C=C\C=C/2. The topological polar surface area (TPSA) is 46.5 Å². The van der Waals surface area contributed by atoms with Gasteiger partial charge >= 0.3 is 5.97 Å². The van der Waals surface area contributed by atoms with Crippen LogP contribution in [0.4, 0.5) is 0 Å². The van der Waals surface area contributed by atoms with Crippen molar-refractivity contribution >= 4 is 12.0 Å². The smallest absolute Gasteiger partial charge is 0.339 e. The van der Waals surface area contributed by atoms with E-state index in [0.29, 0.717) is 12.4 Å². The average Bonchev–Trinajstić information content (AvgIpc) is 2.17. The molecule has 3 nitrogen and oxygen atoms in total. The summed E-state index contributed by atoms with van der Waals surface area (Å²) in [6.45, 7) is 0.391. The summed E-state index contributed by atoms with van der Waals surface area (Å²) in [5.41, 5.74) is 0.992. The molecule has 15 heavy (non-hydrogen) atoms. The van der Waals surface area contributed by atoms with Crippen molar-refractivity contribution in [1.29, 1.82) is 0 Å². The lowest BCUT2D eigenvalue weighted by atomic mass is 10.1. The molecule has 0 aromatic heterocycles. The molecule has 0 fully saturated rings. The molecule has 1 aliphatic heterocycles. The Bertz CT molecular complexity index is 444. The second kappa shape index (κ2) is 4.00. The number of allylic oxidation sites excluding steroid dienone is 2. The highest BCUT2D eigenvalue weighted by molar-refractivity contribution is 5.92. The fraction of sp³-hybridized carbons (Fsp3) is 0.0833. The van der Waals surface area contributed by atoms with E-state index in [1.165, 1.54) is 0 Å². The summed E-state index contributed by atoms with van der Waals surface area (Å²) in [7, 11) is 0. The van der Waals surface area contributed by atoms with Crippen molar-refractivity contribution < 1.29 is 14.6 Å². The van der Waals surface area contributed by atoms with Crippen LogP contribution in [-0.4, -0.2) is 17.7 Å². The van der Waals surface area contributed by atoms with Crippen molar-refractivity contribution in [2.75, 3.05) is 6.61 Å². The summed E-state index contributed by atoms with van der Waals surface area (Å²) in [5, 5.41) is 8.98. The minimum absolute atomic E-state index is 0.201. The Balaban J connectivity index is 2.55. The molecule has 1 aliphatic rings. The van der Waals surface area contributed by atoms with Gasteiger partial charge in [-0.25, -0.2) is 4.79 Å². The van der Waals surface area contributed by atoms with Gasteiger partial charge in [0.15, 0.2) is 0 Å². The molecule has 1 aromatic carbocycles. The van der Waals surface area contributed by atoms with Gasteiger partial charge in [0, 0.05) is 5.56 Å². The van der Waals surface area contributed by atoms with E-state index >= 15 is 0 Å². The van der Waals surface area contributed by atoms with Gasteiger partial charge in [0.05, 0.1) is 0 Å². The van der Waals surface area contributed by atoms with Gasteiger partial charge in [-0.1, -0.05) is 30.4 Å². The number of aromatic carboxylic acids is 1. The summed E-state index contributed by atoms with van der Waals surface area (Å²) in [6, 6.07) is 5.08. The van der Waals surface area contributed by atoms with E-state index in [9.17, 15) is 4.79 Å². The second-order valence-corrected chi connectivity index (χ2v) is 3.13. The van der Waals surface area contributed by atoms with Gasteiger partial charge in [-0.15, -0.1) is 0 Å². The van der Waals surface area contributed by atoms with Gasteiger partial charge in [0.25, 0.3) is 0 Å². The monoisotopic (exact) mass is 202 g/mol. The standard InChI is InChI=1S/C12H10O3/c13-12(14)10-7-4-6-9-5-2-1-3-8-15-11(9)10/h1-7H,8H2,(H,13,14)/b3-1-,5-2-. The first-order chi connectivity index (χ1) is 7.29. The van der Waals surface area contributed by atoms with Crippen LogP contribution in [0.5, 0.6) is 5.75 Å². The maximum atomic E-state index is 10.9. The van der Waals surface area contributed by atoms with Crippen molar-refractivity contribution in [3.8, 4) is 5.75 Å². The zero-order valence-electron chi connectivity index (χ0n) is 8.01. The molecule has 0 unspecified atom stereocenters. The number of para-hydroxylation sites is 1. The first-order valence-corrected chi connectivity index (χ1v) is 4.61. The third kappa shape index (κ3) is 1.91. The van der Waals surface area contributed by atoms with Crippen LogP contribution in [0.2, 0.25) is 0 Å². The normalized spacial score (nSPS) is 17.9. The first kappa shape index (κ1) is 9.52. The molecular weight excluding hydrogens is 192 g/mol. The molecule has 76 valence electrons. The van der Waals surface area contributed by atoms with E-state index in [1.54, 1.807) is 12.1 Å². The minimum Gasteiger partial charge on any atom is -0.488 e. The number of fused-ring (bicyclic) bond motifs is 1.